The van der Waals surface area contributed by atoms with Crippen molar-refractivity contribution in [3.63, 3.8) is 0 Å². The number of rotatable bonds is 4. The number of carbonyl (C=O) groups is 1. The number of ether oxygens (including phenoxy) is 1. The Labute approximate surface area is 133 Å². The fourth-order valence-electron chi connectivity index (χ4n) is 2.05. The number of hydrogen-bond donors (Lipinski definition) is 1. The zero-order valence-electron chi connectivity index (χ0n) is 11.7. The Bertz CT molecular complexity index is 658. The van der Waals surface area contributed by atoms with Crippen molar-refractivity contribution in [2.45, 2.75) is 13.0 Å². The Balaban J connectivity index is 2.21. The maximum atomic E-state index is 12.3. The fourth-order valence-corrected chi connectivity index (χ4v) is 2.42. The van der Waals surface area contributed by atoms with Gasteiger partial charge in [-0.2, -0.15) is 0 Å². The van der Waals surface area contributed by atoms with Gasteiger partial charge < -0.3 is 10.1 Å². The monoisotopic (exact) mass is 323 g/mol. The highest BCUT2D eigenvalue weighted by molar-refractivity contribution is 6.35. The standard InChI is InChI=1S/C16H15Cl2NO2/c1-10(12-5-3-4-6-15(12)21-2)19-16(20)13-9-11(17)7-8-14(13)18/h3-10H,1-2H3,(H,19,20). The normalized spacial score (nSPS) is 11.8. The van der Waals surface area contributed by atoms with Gasteiger partial charge in [-0.15, -0.1) is 0 Å². The van der Waals surface area contributed by atoms with Gasteiger partial charge in [0, 0.05) is 10.6 Å². The topological polar surface area (TPSA) is 38.3 Å². The Hall–Kier alpha value is -1.71. The average molecular weight is 324 g/mol. The summed E-state index contributed by atoms with van der Waals surface area (Å²) in [5.74, 6) is 0.448. The molecule has 5 heteroatoms. The second-order valence-corrected chi connectivity index (χ2v) is 5.40. The van der Waals surface area contributed by atoms with E-state index in [0.717, 1.165) is 11.3 Å². The van der Waals surface area contributed by atoms with Crippen molar-refractivity contribution in [2.75, 3.05) is 7.11 Å². The van der Waals surface area contributed by atoms with Crippen LogP contribution in [0.2, 0.25) is 10.0 Å². The van der Waals surface area contributed by atoms with Crippen LogP contribution < -0.4 is 10.1 Å². The molecule has 2 rings (SSSR count). The Kier molecular flexibility index (Phi) is 5.10. The number of nitrogens with one attached hydrogen (secondary N) is 1. The lowest BCUT2D eigenvalue weighted by molar-refractivity contribution is 0.0939. The molecule has 0 saturated heterocycles. The molecule has 1 unspecified atom stereocenters. The number of methoxy groups -OCH3 is 1. The van der Waals surface area contributed by atoms with Crippen LogP contribution in [0.5, 0.6) is 5.75 Å². The summed E-state index contributed by atoms with van der Waals surface area (Å²) in [5.41, 5.74) is 1.25. The molecule has 0 aliphatic rings. The molecule has 0 heterocycles. The summed E-state index contributed by atoms with van der Waals surface area (Å²) in [6.45, 7) is 1.88. The lowest BCUT2D eigenvalue weighted by Crippen LogP contribution is -2.27. The van der Waals surface area contributed by atoms with Crippen LogP contribution in [-0.2, 0) is 0 Å². The van der Waals surface area contributed by atoms with E-state index in [4.69, 9.17) is 27.9 Å². The van der Waals surface area contributed by atoms with Gasteiger partial charge in [-0.25, -0.2) is 0 Å². The van der Waals surface area contributed by atoms with Crippen LogP contribution in [0.1, 0.15) is 28.9 Å². The van der Waals surface area contributed by atoms with Crippen molar-refractivity contribution in [3.05, 3.63) is 63.6 Å². The molecule has 110 valence electrons. The molecule has 21 heavy (non-hydrogen) atoms. The summed E-state index contributed by atoms with van der Waals surface area (Å²) >= 11 is 11.9. The van der Waals surface area contributed by atoms with Crippen LogP contribution in [0.25, 0.3) is 0 Å². The highest BCUT2D eigenvalue weighted by Crippen LogP contribution is 2.26. The number of carbonyl (C=O) groups excluding carboxylic acids is 1. The predicted octanol–water partition coefficient (Wildman–Crippen LogP) is 4.49. The van der Waals surface area contributed by atoms with Gasteiger partial charge in [0.05, 0.1) is 23.7 Å². The van der Waals surface area contributed by atoms with Gasteiger partial charge in [0.25, 0.3) is 5.91 Å². The van der Waals surface area contributed by atoms with E-state index in [-0.39, 0.29) is 11.9 Å². The summed E-state index contributed by atoms with van der Waals surface area (Å²) in [6, 6.07) is 12.1. The number of halogens is 2. The van der Waals surface area contributed by atoms with Crippen molar-refractivity contribution in [1.29, 1.82) is 0 Å². The van der Waals surface area contributed by atoms with Gasteiger partial charge in [-0.1, -0.05) is 41.4 Å². The molecular formula is C16H15Cl2NO2. The fraction of sp³-hybridized carbons (Fsp3) is 0.188. The van der Waals surface area contributed by atoms with E-state index >= 15 is 0 Å². The summed E-state index contributed by atoms with van der Waals surface area (Å²) in [7, 11) is 1.60. The van der Waals surface area contributed by atoms with Crippen LogP contribution in [0.4, 0.5) is 0 Å². The molecule has 0 aromatic heterocycles. The molecule has 2 aromatic carbocycles. The second-order valence-electron chi connectivity index (χ2n) is 4.56. The maximum Gasteiger partial charge on any atom is 0.253 e. The third kappa shape index (κ3) is 3.69. The first-order valence-electron chi connectivity index (χ1n) is 6.41. The maximum absolute atomic E-state index is 12.3. The molecule has 0 saturated carbocycles. The highest BCUT2D eigenvalue weighted by Gasteiger charge is 2.17. The molecule has 1 N–H and O–H groups in total. The largest absolute Gasteiger partial charge is 0.496 e. The average Bonchev–Trinajstić information content (AvgIpc) is 2.49. The Morgan fingerprint density at radius 1 is 1.19 bits per heavy atom. The molecule has 0 radical (unpaired) electrons. The van der Waals surface area contributed by atoms with E-state index in [9.17, 15) is 4.79 Å². The lowest BCUT2D eigenvalue weighted by Gasteiger charge is -2.17. The predicted molar refractivity (Wildman–Crippen MR) is 85.3 cm³/mol. The number of para-hydroxylation sites is 1. The van der Waals surface area contributed by atoms with Crippen molar-refractivity contribution in [3.8, 4) is 5.75 Å². The molecule has 0 spiro atoms. The van der Waals surface area contributed by atoms with E-state index in [1.807, 2.05) is 31.2 Å². The van der Waals surface area contributed by atoms with Crippen molar-refractivity contribution in [2.24, 2.45) is 0 Å². The van der Waals surface area contributed by atoms with Gasteiger partial charge in [0.15, 0.2) is 0 Å². The van der Waals surface area contributed by atoms with Crippen LogP contribution in [-0.4, -0.2) is 13.0 Å². The second kappa shape index (κ2) is 6.83. The molecule has 2 aromatic rings. The summed E-state index contributed by atoms with van der Waals surface area (Å²) < 4.78 is 5.30. The van der Waals surface area contributed by atoms with Crippen molar-refractivity contribution < 1.29 is 9.53 Å². The molecule has 1 amide bonds. The number of benzene rings is 2. The molecule has 0 aliphatic heterocycles. The van der Waals surface area contributed by atoms with Gasteiger partial charge in [-0.05, 0) is 31.2 Å². The molecule has 0 aliphatic carbocycles. The van der Waals surface area contributed by atoms with E-state index in [0.29, 0.717) is 15.6 Å². The molecule has 3 nitrogen and oxygen atoms in total. The lowest BCUT2D eigenvalue weighted by atomic mass is 10.1. The summed E-state index contributed by atoms with van der Waals surface area (Å²) in [5, 5.41) is 3.73. The minimum atomic E-state index is -0.277. The number of hydrogen-bond acceptors (Lipinski definition) is 2. The van der Waals surface area contributed by atoms with Crippen molar-refractivity contribution >= 4 is 29.1 Å². The summed E-state index contributed by atoms with van der Waals surface area (Å²) in [4.78, 5) is 12.3. The van der Waals surface area contributed by atoms with Crippen LogP contribution in [0.15, 0.2) is 42.5 Å². The van der Waals surface area contributed by atoms with Crippen LogP contribution in [0, 0.1) is 0 Å². The smallest absolute Gasteiger partial charge is 0.253 e. The first-order valence-corrected chi connectivity index (χ1v) is 7.17. The quantitative estimate of drug-likeness (QED) is 0.900. The third-order valence-corrected chi connectivity index (χ3v) is 3.69. The minimum absolute atomic E-state index is 0.219. The zero-order valence-corrected chi connectivity index (χ0v) is 13.2. The zero-order chi connectivity index (χ0) is 15.4. The molecule has 0 fully saturated rings. The van der Waals surface area contributed by atoms with Crippen molar-refractivity contribution in [1.82, 2.24) is 5.32 Å². The SMILES string of the molecule is COc1ccccc1C(C)NC(=O)c1cc(Cl)ccc1Cl. The Morgan fingerprint density at radius 2 is 1.90 bits per heavy atom. The highest BCUT2D eigenvalue weighted by atomic mass is 35.5. The first-order chi connectivity index (χ1) is 10.0. The third-order valence-electron chi connectivity index (χ3n) is 3.13. The van der Waals surface area contributed by atoms with Crippen LogP contribution >= 0.6 is 23.2 Å². The molecular weight excluding hydrogens is 309 g/mol. The molecule has 0 bridgehead atoms. The van der Waals surface area contributed by atoms with Gasteiger partial charge in [-0.3, -0.25) is 4.79 Å². The van der Waals surface area contributed by atoms with Gasteiger partial charge in [0.1, 0.15) is 5.75 Å². The van der Waals surface area contributed by atoms with E-state index in [1.54, 1.807) is 25.3 Å². The summed E-state index contributed by atoms with van der Waals surface area (Å²) in [6.07, 6.45) is 0. The van der Waals surface area contributed by atoms with Gasteiger partial charge in [0.2, 0.25) is 0 Å². The first kappa shape index (κ1) is 15.7. The van der Waals surface area contributed by atoms with E-state index < -0.39 is 0 Å². The molecule has 1 atom stereocenters. The Morgan fingerprint density at radius 3 is 2.62 bits per heavy atom. The minimum Gasteiger partial charge on any atom is -0.496 e. The van der Waals surface area contributed by atoms with Gasteiger partial charge >= 0.3 is 0 Å². The van der Waals surface area contributed by atoms with Crippen LogP contribution in [0.3, 0.4) is 0 Å². The van der Waals surface area contributed by atoms with E-state index in [2.05, 4.69) is 5.32 Å². The van der Waals surface area contributed by atoms with E-state index in [1.165, 1.54) is 0 Å². The number of amides is 1.